The van der Waals surface area contributed by atoms with Crippen LogP contribution in [0.25, 0.3) is 0 Å². The third-order valence-corrected chi connectivity index (χ3v) is 8.68. The Morgan fingerprint density at radius 1 is 0.912 bits per heavy atom. The van der Waals surface area contributed by atoms with Crippen molar-refractivity contribution in [3.05, 3.63) is 89.5 Å². The molecule has 0 aliphatic carbocycles. The van der Waals surface area contributed by atoms with Crippen molar-refractivity contribution in [3.63, 3.8) is 0 Å². The predicted molar refractivity (Wildman–Crippen MR) is 138 cm³/mol. The van der Waals surface area contributed by atoms with Crippen molar-refractivity contribution in [3.8, 4) is 0 Å². The van der Waals surface area contributed by atoms with Gasteiger partial charge in [0.25, 0.3) is 5.91 Å². The van der Waals surface area contributed by atoms with Crippen molar-refractivity contribution in [1.82, 2.24) is 9.21 Å². The maximum atomic E-state index is 12.9. The largest absolute Gasteiger partial charge is 0.321 e. The molecule has 0 bridgehead atoms. The van der Waals surface area contributed by atoms with Gasteiger partial charge in [0.05, 0.1) is 10.6 Å². The van der Waals surface area contributed by atoms with Gasteiger partial charge < -0.3 is 5.32 Å². The van der Waals surface area contributed by atoms with E-state index in [1.807, 2.05) is 73.8 Å². The highest BCUT2D eigenvalue weighted by Crippen LogP contribution is 2.25. The Balaban J connectivity index is 1.32. The van der Waals surface area contributed by atoms with Crippen LogP contribution in [-0.4, -0.2) is 56.0 Å². The average molecular weight is 496 g/mol. The lowest BCUT2D eigenvalue weighted by atomic mass is 10.1. The van der Waals surface area contributed by atoms with Crippen molar-refractivity contribution in [2.75, 3.05) is 37.8 Å². The van der Waals surface area contributed by atoms with E-state index >= 15 is 0 Å². The smallest absolute Gasteiger partial charge is 0.255 e. The van der Waals surface area contributed by atoms with Crippen LogP contribution in [0.1, 0.15) is 21.5 Å². The van der Waals surface area contributed by atoms with Gasteiger partial charge in [-0.1, -0.05) is 42.0 Å². The fraction of sp³-hybridized carbons (Fsp3) is 0.269. The van der Waals surface area contributed by atoms with Crippen LogP contribution in [0.2, 0.25) is 0 Å². The van der Waals surface area contributed by atoms with Crippen LogP contribution in [-0.2, 0) is 16.6 Å². The van der Waals surface area contributed by atoms with E-state index in [9.17, 15) is 13.2 Å². The minimum absolute atomic E-state index is 0.136. The zero-order valence-corrected chi connectivity index (χ0v) is 21.0. The fourth-order valence-corrected chi connectivity index (χ4v) is 5.93. The van der Waals surface area contributed by atoms with Crippen LogP contribution in [0.5, 0.6) is 0 Å². The van der Waals surface area contributed by atoms with E-state index in [2.05, 4.69) is 10.2 Å². The van der Waals surface area contributed by atoms with Gasteiger partial charge in [0, 0.05) is 43.2 Å². The quantitative estimate of drug-likeness (QED) is 0.490. The second kappa shape index (κ2) is 10.7. The van der Waals surface area contributed by atoms with E-state index in [0.29, 0.717) is 36.6 Å². The Morgan fingerprint density at radius 3 is 2.21 bits per heavy atom. The van der Waals surface area contributed by atoms with E-state index in [1.54, 1.807) is 28.2 Å². The van der Waals surface area contributed by atoms with Crippen LogP contribution in [0, 0.1) is 6.92 Å². The van der Waals surface area contributed by atoms with Crippen LogP contribution >= 0.6 is 11.8 Å². The second-order valence-electron chi connectivity index (χ2n) is 8.34. The summed E-state index contributed by atoms with van der Waals surface area (Å²) in [5.41, 5.74) is 3.55. The number of benzene rings is 3. The number of rotatable bonds is 7. The third kappa shape index (κ3) is 5.70. The van der Waals surface area contributed by atoms with E-state index in [0.717, 1.165) is 28.3 Å². The van der Waals surface area contributed by atoms with Gasteiger partial charge in [-0.3, -0.25) is 9.69 Å². The number of amides is 1. The first-order valence-corrected chi connectivity index (χ1v) is 13.9. The molecule has 0 aromatic heterocycles. The van der Waals surface area contributed by atoms with Crippen molar-refractivity contribution >= 4 is 33.4 Å². The van der Waals surface area contributed by atoms with Crippen LogP contribution < -0.4 is 5.32 Å². The van der Waals surface area contributed by atoms with Gasteiger partial charge in [0.2, 0.25) is 10.0 Å². The van der Waals surface area contributed by atoms with Crippen LogP contribution in [0.4, 0.5) is 5.69 Å². The number of carbonyl (C=O) groups excluding carboxylic acids is 1. The zero-order chi connectivity index (χ0) is 24.1. The SMILES string of the molecule is CSc1ccccc1NC(=O)c1ccc(CN2CCN(S(=O)(=O)c3ccc(C)cc3)CC2)cc1. The highest BCUT2D eigenvalue weighted by molar-refractivity contribution is 7.98. The van der Waals surface area contributed by atoms with Crippen molar-refractivity contribution in [2.45, 2.75) is 23.3 Å². The molecular formula is C26H29N3O3S2. The van der Waals surface area contributed by atoms with E-state index in [1.165, 1.54) is 0 Å². The third-order valence-electron chi connectivity index (χ3n) is 5.97. The van der Waals surface area contributed by atoms with Crippen molar-refractivity contribution in [1.29, 1.82) is 0 Å². The summed E-state index contributed by atoms with van der Waals surface area (Å²) in [5.74, 6) is -0.136. The molecule has 8 heteroatoms. The molecule has 1 N–H and O–H groups in total. The van der Waals surface area contributed by atoms with E-state index in [4.69, 9.17) is 0 Å². The van der Waals surface area contributed by atoms with Crippen LogP contribution in [0.15, 0.2) is 82.6 Å². The number of thioether (sulfide) groups is 1. The molecule has 1 saturated heterocycles. The summed E-state index contributed by atoms with van der Waals surface area (Å²) in [4.78, 5) is 16.3. The lowest BCUT2D eigenvalue weighted by Crippen LogP contribution is -2.48. The highest BCUT2D eigenvalue weighted by atomic mass is 32.2. The molecule has 0 radical (unpaired) electrons. The van der Waals surface area contributed by atoms with Crippen LogP contribution in [0.3, 0.4) is 0 Å². The Bertz CT molecular complexity index is 1240. The molecule has 1 aliphatic rings. The summed E-state index contributed by atoms with van der Waals surface area (Å²) in [6, 6.07) is 22.3. The fourth-order valence-electron chi connectivity index (χ4n) is 3.95. The van der Waals surface area contributed by atoms with Gasteiger partial charge in [-0.15, -0.1) is 11.8 Å². The molecule has 1 fully saturated rings. The number of sulfonamides is 1. The molecular weight excluding hydrogens is 466 g/mol. The molecule has 0 atom stereocenters. The molecule has 1 heterocycles. The van der Waals surface area contributed by atoms with Gasteiger partial charge in [0.1, 0.15) is 0 Å². The number of para-hydroxylation sites is 1. The molecule has 6 nitrogen and oxygen atoms in total. The summed E-state index contributed by atoms with van der Waals surface area (Å²) in [7, 11) is -3.46. The molecule has 0 unspecified atom stereocenters. The first-order chi connectivity index (χ1) is 16.4. The Morgan fingerprint density at radius 2 is 1.56 bits per heavy atom. The first-order valence-electron chi connectivity index (χ1n) is 11.2. The number of aryl methyl sites for hydroxylation is 1. The molecule has 0 saturated carbocycles. The number of anilines is 1. The zero-order valence-electron chi connectivity index (χ0n) is 19.4. The number of nitrogens with one attached hydrogen (secondary N) is 1. The lowest BCUT2D eigenvalue weighted by molar-refractivity contribution is 0.102. The van der Waals surface area contributed by atoms with E-state index in [-0.39, 0.29) is 5.91 Å². The molecule has 34 heavy (non-hydrogen) atoms. The molecule has 3 aromatic rings. The van der Waals surface area contributed by atoms with Gasteiger partial charge in [0.15, 0.2) is 0 Å². The van der Waals surface area contributed by atoms with Gasteiger partial charge in [-0.25, -0.2) is 8.42 Å². The monoisotopic (exact) mass is 495 g/mol. The summed E-state index contributed by atoms with van der Waals surface area (Å²) >= 11 is 1.59. The topological polar surface area (TPSA) is 69.7 Å². The first kappa shape index (κ1) is 24.5. The number of hydrogen-bond acceptors (Lipinski definition) is 5. The Kier molecular flexibility index (Phi) is 7.73. The Hall–Kier alpha value is -2.65. The molecule has 4 rings (SSSR count). The summed E-state index contributed by atoms with van der Waals surface area (Å²) < 4.78 is 27.4. The normalized spacial score (nSPS) is 15.2. The maximum Gasteiger partial charge on any atom is 0.255 e. The van der Waals surface area contributed by atoms with Gasteiger partial charge >= 0.3 is 0 Å². The number of nitrogens with zero attached hydrogens (tertiary/aromatic N) is 2. The molecule has 178 valence electrons. The minimum atomic E-state index is -3.46. The molecule has 1 aliphatic heterocycles. The number of piperazine rings is 1. The van der Waals surface area contributed by atoms with Crippen molar-refractivity contribution < 1.29 is 13.2 Å². The number of carbonyl (C=O) groups is 1. The predicted octanol–water partition coefficient (Wildman–Crippen LogP) is 4.48. The lowest BCUT2D eigenvalue weighted by Gasteiger charge is -2.34. The molecule has 3 aromatic carbocycles. The average Bonchev–Trinajstić information content (AvgIpc) is 2.85. The minimum Gasteiger partial charge on any atom is -0.321 e. The molecule has 0 spiro atoms. The van der Waals surface area contributed by atoms with E-state index < -0.39 is 10.0 Å². The summed E-state index contributed by atoms with van der Waals surface area (Å²) in [6.45, 7) is 4.92. The Labute approximate surface area is 206 Å². The summed E-state index contributed by atoms with van der Waals surface area (Å²) in [6.07, 6.45) is 1.98. The standard InChI is InChI=1S/C26H29N3O3S2/c1-20-7-13-23(14-8-20)34(31,32)29-17-15-28(16-18-29)19-21-9-11-22(12-10-21)26(30)27-24-5-3-4-6-25(24)33-2/h3-14H,15-19H2,1-2H3,(H,27,30). The maximum absolute atomic E-state index is 12.9. The second-order valence-corrected chi connectivity index (χ2v) is 11.1. The van der Waals surface area contributed by atoms with Crippen molar-refractivity contribution in [2.24, 2.45) is 0 Å². The number of hydrogen-bond donors (Lipinski definition) is 1. The van der Waals surface area contributed by atoms with Gasteiger partial charge in [-0.2, -0.15) is 4.31 Å². The summed E-state index contributed by atoms with van der Waals surface area (Å²) in [5, 5.41) is 2.98. The molecule has 1 amide bonds. The highest BCUT2D eigenvalue weighted by Gasteiger charge is 2.28. The van der Waals surface area contributed by atoms with Gasteiger partial charge in [-0.05, 0) is 55.1 Å².